The Balaban J connectivity index is 1.80. The third-order valence-electron chi connectivity index (χ3n) is 3.41. The van der Waals surface area contributed by atoms with Crippen molar-refractivity contribution in [2.24, 2.45) is 0 Å². The molecule has 7 heteroatoms. The number of rotatable bonds is 7. The van der Waals surface area contributed by atoms with E-state index in [4.69, 9.17) is 16.3 Å². The van der Waals surface area contributed by atoms with Gasteiger partial charge in [0.05, 0.1) is 11.5 Å². The molecule has 2 rings (SSSR count). The maximum atomic E-state index is 12.0. The molecular weight excluding hydrogens is 344 g/mol. The van der Waals surface area contributed by atoms with Gasteiger partial charge in [0.25, 0.3) is 5.69 Å². The highest BCUT2D eigenvalue weighted by Gasteiger charge is 2.06. The molecule has 0 heterocycles. The first-order valence-corrected chi connectivity index (χ1v) is 7.89. The van der Waals surface area contributed by atoms with Crippen LogP contribution in [0.3, 0.4) is 0 Å². The fourth-order valence-corrected chi connectivity index (χ4v) is 2.07. The van der Waals surface area contributed by atoms with Gasteiger partial charge in [0.2, 0.25) is 5.91 Å². The largest absolute Gasteiger partial charge is 0.492 e. The topological polar surface area (TPSA) is 72.7 Å². The van der Waals surface area contributed by atoms with Crippen molar-refractivity contribution in [1.82, 2.24) is 4.90 Å². The second kappa shape index (κ2) is 8.84. The van der Waals surface area contributed by atoms with Crippen molar-refractivity contribution in [3.8, 4) is 5.75 Å². The number of carbonyl (C=O) groups excluding carboxylic acids is 1. The van der Waals surface area contributed by atoms with Gasteiger partial charge in [-0.05, 0) is 48.0 Å². The van der Waals surface area contributed by atoms with Crippen LogP contribution in [0.4, 0.5) is 5.69 Å². The summed E-state index contributed by atoms with van der Waals surface area (Å²) >= 11 is 5.80. The number of likely N-dealkylation sites (N-methyl/N-ethyl adjacent to an activating group) is 1. The lowest BCUT2D eigenvalue weighted by Gasteiger charge is -2.15. The average Bonchev–Trinajstić information content (AvgIpc) is 2.61. The summed E-state index contributed by atoms with van der Waals surface area (Å²) in [6.45, 7) is 0.779. The van der Waals surface area contributed by atoms with Crippen molar-refractivity contribution in [3.05, 3.63) is 75.3 Å². The van der Waals surface area contributed by atoms with E-state index in [9.17, 15) is 14.9 Å². The van der Waals surface area contributed by atoms with Crippen molar-refractivity contribution in [3.63, 3.8) is 0 Å². The molecule has 0 spiro atoms. The first kappa shape index (κ1) is 18.5. The number of halogens is 1. The smallest absolute Gasteiger partial charge is 0.269 e. The fraction of sp³-hybridized carbons (Fsp3) is 0.167. The third kappa shape index (κ3) is 5.93. The lowest BCUT2D eigenvalue weighted by atomic mass is 10.2. The summed E-state index contributed by atoms with van der Waals surface area (Å²) in [6.07, 6.45) is 3.03. The molecule has 0 aliphatic rings. The molecule has 130 valence electrons. The van der Waals surface area contributed by atoms with Crippen LogP contribution in [0.2, 0.25) is 5.02 Å². The van der Waals surface area contributed by atoms with Gasteiger partial charge in [-0.3, -0.25) is 14.9 Å². The second-order valence-electron chi connectivity index (χ2n) is 5.24. The molecule has 0 N–H and O–H groups in total. The highest BCUT2D eigenvalue weighted by molar-refractivity contribution is 6.30. The maximum absolute atomic E-state index is 12.0. The van der Waals surface area contributed by atoms with Crippen LogP contribution in [0.25, 0.3) is 6.08 Å². The van der Waals surface area contributed by atoms with Gasteiger partial charge in [-0.1, -0.05) is 11.6 Å². The number of hydrogen-bond donors (Lipinski definition) is 0. The predicted molar refractivity (Wildman–Crippen MR) is 96.7 cm³/mol. The molecule has 0 saturated carbocycles. The van der Waals surface area contributed by atoms with Gasteiger partial charge in [0, 0.05) is 30.3 Å². The number of nitrogens with zero attached hydrogens (tertiary/aromatic N) is 2. The molecule has 0 unspecified atom stereocenters. The summed E-state index contributed by atoms with van der Waals surface area (Å²) < 4.78 is 5.54. The highest BCUT2D eigenvalue weighted by Crippen LogP contribution is 2.15. The monoisotopic (exact) mass is 360 g/mol. The molecule has 0 aliphatic heterocycles. The lowest BCUT2D eigenvalue weighted by molar-refractivity contribution is -0.384. The van der Waals surface area contributed by atoms with Gasteiger partial charge in [-0.15, -0.1) is 0 Å². The van der Waals surface area contributed by atoms with E-state index in [0.717, 1.165) is 0 Å². The summed E-state index contributed by atoms with van der Waals surface area (Å²) in [4.78, 5) is 23.7. The van der Waals surface area contributed by atoms with E-state index >= 15 is 0 Å². The minimum Gasteiger partial charge on any atom is -0.492 e. The van der Waals surface area contributed by atoms with Crippen molar-refractivity contribution in [2.75, 3.05) is 20.2 Å². The van der Waals surface area contributed by atoms with Crippen LogP contribution in [0.5, 0.6) is 5.75 Å². The first-order chi connectivity index (χ1) is 12.0. The quantitative estimate of drug-likeness (QED) is 0.427. The lowest BCUT2D eigenvalue weighted by Crippen LogP contribution is -2.29. The number of nitro benzene ring substituents is 1. The van der Waals surface area contributed by atoms with E-state index < -0.39 is 4.92 Å². The summed E-state index contributed by atoms with van der Waals surface area (Å²) in [5.74, 6) is 0.504. The van der Waals surface area contributed by atoms with E-state index in [1.807, 2.05) is 0 Å². The number of nitro groups is 1. The summed E-state index contributed by atoms with van der Waals surface area (Å²) in [5, 5.41) is 11.2. The van der Waals surface area contributed by atoms with Crippen LogP contribution in [-0.4, -0.2) is 35.9 Å². The Morgan fingerprint density at radius 3 is 2.44 bits per heavy atom. The molecule has 0 fully saturated rings. The Morgan fingerprint density at radius 2 is 1.84 bits per heavy atom. The number of carbonyl (C=O) groups is 1. The van der Waals surface area contributed by atoms with E-state index in [0.29, 0.717) is 29.5 Å². The Morgan fingerprint density at radius 1 is 1.20 bits per heavy atom. The summed E-state index contributed by atoms with van der Waals surface area (Å²) in [6, 6.07) is 13.0. The second-order valence-corrected chi connectivity index (χ2v) is 5.68. The molecule has 0 saturated heterocycles. The number of ether oxygens (including phenoxy) is 1. The molecule has 2 aromatic rings. The van der Waals surface area contributed by atoms with Crippen LogP contribution < -0.4 is 4.74 Å². The van der Waals surface area contributed by atoms with Crippen molar-refractivity contribution >= 4 is 29.3 Å². The molecule has 1 amide bonds. The van der Waals surface area contributed by atoms with Crippen LogP contribution in [0, 0.1) is 10.1 Å². The van der Waals surface area contributed by atoms with Gasteiger partial charge in [0.1, 0.15) is 12.4 Å². The minimum absolute atomic E-state index is 0.0138. The van der Waals surface area contributed by atoms with Gasteiger partial charge >= 0.3 is 0 Å². The minimum atomic E-state index is -0.465. The highest BCUT2D eigenvalue weighted by atomic mass is 35.5. The Bertz CT molecular complexity index is 758. The third-order valence-corrected chi connectivity index (χ3v) is 3.66. The van der Waals surface area contributed by atoms with Gasteiger partial charge < -0.3 is 9.64 Å². The molecule has 0 bridgehead atoms. The van der Waals surface area contributed by atoms with Gasteiger partial charge in [-0.25, -0.2) is 0 Å². The average molecular weight is 361 g/mol. The van der Waals surface area contributed by atoms with Crippen LogP contribution in [-0.2, 0) is 4.79 Å². The Labute approximate surface area is 150 Å². The Kier molecular flexibility index (Phi) is 6.54. The first-order valence-electron chi connectivity index (χ1n) is 7.52. The number of non-ortho nitro benzene ring substituents is 1. The normalized spacial score (nSPS) is 10.6. The van der Waals surface area contributed by atoms with E-state index in [-0.39, 0.29) is 11.6 Å². The van der Waals surface area contributed by atoms with Crippen molar-refractivity contribution < 1.29 is 14.5 Å². The van der Waals surface area contributed by atoms with Gasteiger partial charge in [0.15, 0.2) is 0 Å². The molecule has 0 atom stereocenters. The number of amides is 1. The molecule has 0 aromatic heterocycles. The van der Waals surface area contributed by atoms with Gasteiger partial charge in [-0.2, -0.15) is 0 Å². The maximum Gasteiger partial charge on any atom is 0.269 e. The van der Waals surface area contributed by atoms with E-state index in [1.165, 1.54) is 23.1 Å². The predicted octanol–water partition coefficient (Wildman–Crippen LogP) is 3.80. The van der Waals surface area contributed by atoms with Crippen molar-refractivity contribution in [1.29, 1.82) is 0 Å². The Hall–Kier alpha value is -2.86. The van der Waals surface area contributed by atoms with Crippen LogP contribution in [0.15, 0.2) is 54.6 Å². The van der Waals surface area contributed by atoms with E-state index in [2.05, 4.69) is 0 Å². The molecule has 6 nitrogen and oxygen atoms in total. The standard InChI is InChI=1S/C18H17ClN2O4/c1-20(12-13-25-17-9-5-15(19)6-10-17)18(22)11-4-14-2-7-16(8-3-14)21(23)24/h2-11H,12-13H2,1H3/b11-4+. The number of hydrogen-bond acceptors (Lipinski definition) is 4. The summed E-state index contributed by atoms with van der Waals surface area (Å²) in [5.41, 5.74) is 0.727. The molecular formula is C18H17ClN2O4. The zero-order valence-corrected chi connectivity index (χ0v) is 14.3. The zero-order valence-electron chi connectivity index (χ0n) is 13.6. The molecule has 0 aliphatic carbocycles. The SMILES string of the molecule is CN(CCOc1ccc(Cl)cc1)C(=O)/C=C/c1ccc([N+](=O)[O-])cc1. The van der Waals surface area contributed by atoms with Crippen LogP contribution >= 0.6 is 11.6 Å². The summed E-state index contributed by atoms with van der Waals surface area (Å²) in [7, 11) is 1.67. The van der Waals surface area contributed by atoms with Crippen LogP contribution in [0.1, 0.15) is 5.56 Å². The van der Waals surface area contributed by atoms with E-state index in [1.54, 1.807) is 49.5 Å². The molecule has 25 heavy (non-hydrogen) atoms. The van der Waals surface area contributed by atoms with Crippen molar-refractivity contribution in [2.45, 2.75) is 0 Å². The molecule has 0 radical (unpaired) electrons. The molecule has 2 aromatic carbocycles. The number of benzene rings is 2. The fourth-order valence-electron chi connectivity index (χ4n) is 1.94. The zero-order chi connectivity index (χ0) is 18.2.